The number of benzene rings is 6. The maximum absolute atomic E-state index is 11.8. The molecule has 1 N–H and O–H groups in total. The Labute approximate surface area is 488 Å². The Morgan fingerprint density at radius 3 is 1.25 bits per heavy atom. The minimum Gasteiger partial charge on any atom is -0.516 e. The number of nitrogens with zero attached hydrogens (tertiary/aromatic N) is 2. The molecule has 80 heavy (non-hydrogen) atoms. The van der Waals surface area contributed by atoms with Gasteiger partial charge in [0.1, 0.15) is 50.4 Å². The molecule has 428 valence electrons. The summed E-state index contributed by atoms with van der Waals surface area (Å²) < 4.78 is 28.6. The van der Waals surface area contributed by atoms with Crippen LogP contribution in [0.3, 0.4) is 0 Å². The van der Waals surface area contributed by atoms with Crippen molar-refractivity contribution in [2.75, 3.05) is 4.90 Å². The molecule has 0 radical (unpaired) electrons. The topological polar surface area (TPSA) is 108 Å². The largest absolute Gasteiger partial charge is 0.516 e. The zero-order chi connectivity index (χ0) is 59.0. The number of carbonyl (C=O) groups is 2. The second kappa shape index (κ2) is 31.4. The molecule has 7 rings (SSSR count). The molecule has 10 nitrogen and oxygen atoms in total. The van der Waals surface area contributed by atoms with E-state index in [1.54, 1.807) is 45.9 Å². The number of anilines is 1. The van der Waals surface area contributed by atoms with Crippen LogP contribution in [0.2, 0.25) is 19.6 Å². The molecule has 1 amide bonds. The lowest BCUT2D eigenvalue weighted by molar-refractivity contribution is -0.119. The van der Waals surface area contributed by atoms with E-state index in [0.29, 0.717) is 12.1 Å². The average molecular weight is 1140 g/mol. The summed E-state index contributed by atoms with van der Waals surface area (Å²) in [7, 11) is 1.66. The van der Waals surface area contributed by atoms with E-state index in [0.717, 1.165) is 52.4 Å². The number of hydrogen-bond donors (Lipinski definition) is 1. The highest BCUT2D eigenvalue weighted by Gasteiger charge is 2.22. The van der Waals surface area contributed by atoms with Gasteiger partial charge in [0.25, 0.3) is 0 Å². The number of amides is 1. The van der Waals surface area contributed by atoms with Gasteiger partial charge in [-0.1, -0.05) is 102 Å². The summed E-state index contributed by atoms with van der Waals surface area (Å²) in [6.07, 6.45) is 1.82. The van der Waals surface area contributed by atoms with Crippen molar-refractivity contribution < 1.29 is 33.0 Å². The van der Waals surface area contributed by atoms with E-state index in [2.05, 4.69) is 154 Å². The molecular formula is C67H87N3O7S2Si. The molecule has 0 aliphatic heterocycles. The highest BCUT2D eigenvalue weighted by molar-refractivity contribution is 8.76. The molecule has 7 aromatic rings. The molecule has 1 heterocycles. The third-order valence-electron chi connectivity index (χ3n) is 10.2. The van der Waals surface area contributed by atoms with E-state index in [-0.39, 0.29) is 34.3 Å². The molecule has 0 bridgehead atoms. The van der Waals surface area contributed by atoms with Crippen LogP contribution in [0.5, 0.6) is 23.0 Å². The van der Waals surface area contributed by atoms with Crippen LogP contribution in [0.1, 0.15) is 123 Å². The van der Waals surface area contributed by atoms with Gasteiger partial charge in [-0.15, -0.1) is 0 Å². The van der Waals surface area contributed by atoms with Crippen molar-refractivity contribution in [1.82, 2.24) is 10.3 Å². The summed E-state index contributed by atoms with van der Waals surface area (Å²) in [5, 5.41) is 3.80. The van der Waals surface area contributed by atoms with Crippen molar-refractivity contribution in [3.8, 4) is 23.0 Å². The lowest BCUT2D eigenvalue weighted by Crippen LogP contribution is -2.29. The highest BCUT2D eigenvalue weighted by atomic mass is 33.1. The van der Waals surface area contributed by atoms with Gasteiger partial charge in [0.05, 0.1) is 5.56 Å². The van der Waals surface area contributed by atoms with Crippen LogP contribution in [0, 0.1) is 0 Å². The Morgan fingerprint density at radius 2 is 0.875 bits per heavy atom. The van der Waals surface area contributed by atoms with Gasteiger partial charge in [0, 0.05) is 44.2 Å². The van der Waals surface area contributed by atoms with Crippen LogP contribution >= 0.6 is 21.6 Å². The van der Waals surface area contributed by atoms with Crippen molar-refractivity contribution in [1.29, 1.82) is 0 Å². The maximum atomic E-state index is 11.8. The first kappa shape index (κ1) is 65.8. The minimum atomic E-state index is -1.84. The number of rotatable bonds is 17. The Bertz CT molecular complexity index is 2820. The van der Waals surface area contributed by atoms with Crippen LogP contribution in [-0.4, -0.2) is 47.6 Å². The third kappa shape index (κ3) is 29.5. The Balaban J connectivity index is 0.000000234. The van der Waals surface area contributed by atoms with Gasteiger partial charge in [0.15, 0.2) is 0 Å². The molecule has 0 aliphatic rings. The fraction of sp³-hybridized carbons (Fsp3) is 0.358. The predicted octanol–water partition coefficient (Wildman–Crippen LogP) is 17.6. The van der Waals surface area contributed by atoms with Crippen molar-refractivity contribution in [2.45, 2.75) is 162 Å². The number of nitrogens with one attached hydrogen (secondary N) is 1. The highest BCUT2D eigenvalue weighted by Crippen LogP contribution is 2.33. The summed E-state index contributed by atoms with van der Waals surface area (Å²) in [6.45, 7) is 34.1. The van der Waals surface area contributed by atoms with Crippen molar-refractivity contribution in [2.24, 2.45) is 0 Å². The monoisotopic (exact) mass is 1140 g/mol. The van der Waals surface area contributed by atoms with Crippen molar-refractivity contribution >= 4 is 47.5 Å². The third-order valence-corrected chi connectivity index (χ3v) is 13.2. The number of ether oxygens (including phenoxy) is 4. The lowest BCUT2D eigenvalue weighted by Gasteiger charge is -2.26. The molecule has 6 aromatic carbocycles. The number of pyridine rings is 1. The van der Waals surface area contributed by atoms with E-state index >= 15 is 0 Å². The van der Waals surface area contributed by atoms with Gasteiger partial charge in [-0.2, -0.15) is 0 Å². The van der Waals surface area contributed by atoms with Crippen molar-refractivity contribution in [3.63, 3.8) is 0 Å². The molecule has 1 aromatic heterocycles. The van der Waals surface area contributed by atoms with Gasteiger partial charge in [-0.25, -0.2) is 9.78 Å². The van der Waals surface area contributed by atoms with Crippen LogP contribution in [-0.2, 0) is 34.6 Å². The van der Waals surface area contributed by atoms with Gasteiger partial charge >= 0.3 is 5.97 Å². The zero-order valence-corrected chi connectivity index (χ0v) is 52.9. The van der Waals surface area contributed by atoms with Gasteiger partial charge < -0.3 is 33.6 Å². The Kier molecular flexibility index (Phi) is 25.8. The summed E-state index contributed by atoms with van der Waals surface area (Å²) in [6, 6.07) is 58.7. The van der Waals surface area contributed by atoms with Gasteiger partial charge in [-0.3, -0.25) is 4.79 Å². The molecule has 0 aliphatic carbocycles. The van der Waals surface area contributed by atoms with E-state index in [4.69, 9.17) is 23.4 Å². The smallest absolute Gasteiger partial charge is 0.324 e. The van der Waals surface area contributed by atoms with Crippen LogP contribution < -0.4 is 29.2 Å². The lowest BCUT2D eigenvalue weighted by atomic mass is 10.1. The Morgan fingerprint density at radius 1 is 0.487 bits per heavy atom. The molecule has 0 fully saturated rings. The van der Waals surface area contributed by atoms with E-state index < -0.39 is 8.32 Å². The second-order valence-corrected chi connectivity index (χ2v) is 30.7. The summed E-state index contributed by atoms with van der Waals surface area (Å²) in [5.74, 6) is 4.11. The molecule has 0 atom stereocenters. The second-order valence-electron chi connectivity index (χ2n) is 23.9. The van der Waals surface area contributed by atoms with E-state index in [1.807, 2.05) is 122 Å². The quantitative estimate of drug-likeness (QED) is 0.0695. The minimum absolute atomic E-state index is 0.0185. The predicted molar refractivity (Wildman–Crippen MR) is 338 cm³/mol. The molecule has 0 saturated carbocycles. The fourth-order valence-electron chi connectivity index (χ4n) is 7.09. The number of hydrogen-bond acceptors (Lipinski definition) is 11. The molecular weight excluding hydrogens is 1050 g/mol. The van der Waals surface area contributed by atoms with Gasteiger partial charge in [-0.05, 0) is 221 Å². The normalized spacial score (nSPS) is 11.4. The Hall–Kier alpha value is -6.67. The van der Waals surface area contributed by atoms with Gasteiger partial charge in [0.2, 0.25) is 14.2 Å². The van der Waals surface area contributed by atoms with E-state index in [9.17, 15) is 9.59 Å². The van der Waals surface area contributed by atoms with E-state index in [1.165, 1.54) is 29.3 Å². The average Bonchev–Trinajstić information content (AvgIpc) is 3.36. The summed E-state index contributed by atoms with van der Waals surface area (Å²) in [5.41, 5.74) is 5.98. The summed E-state index contributed by atoms with van der Waals surface area (Å²) in [4.78, 5) is 29.2. The molecule has 0 spiro atoms. The molecule has 0 saturated heterocycles. The maximum Gasteiger partial charge on any atom is 0.324 e. The van der Waals surface area contributed by atoms with Crippen LogP contribution in [0.25, 0.3) is 0 Å². The first-order valence-electron chi connectivity index (χ1n) is 27.1. The van der Waals surface area contributed by atoms with Crippen LogP contribution in [0.4, 0.5) is 5.69 Å². The SMILES string of the molecule is CC(=O)NCc1ccc(OC(C)(C)C)cc1.CC(C)(C)Oc1ccc(C(=O)O[Si](C)(C)C)cc1.CC(C)(C)Oc1ccc(CSSc2ccccn2)cc1.CC(C)(C)Oc1ccc(N(Cc2ccccc2)Cc2ccccc2)cc1. The van der Waals surface area contributed by atoms with Crippen LogP contribution in [0.15, 0.2) is 187 Å². The summed E-state index contributed by atoms with van der Waals surface area (Å²) >= 11 is 0. The zero-order valence-electron chi connectivity index (χ0n) is 50.2. The first-order valence-corrected chi connectivity index (χ1v) is 32.8. The number of carbonyl (C=O) groups excluding carboxylic acids is 2. The fourth-order valence-corrected chi connectivity index (χ4v) is 9.75. The standard InChI is InChI=1S/C24H27NO.C16H19NOS2.C14H22O3Si.C13H19NO2/c1-24(2,3)26-23-16-14-22(15-17-23)25(18-20-10-6-4-7-11-20)19-21-12-8-5-9-13-21;1-16(2,3)18-14-9-7-13(8-10-14)12-19-20-15-6-4-5-11-17-15;1-14(2,3)16-12-9-7-11(8-10-12)13(15)17-18(4,5)6;1-10(15)14-9-11-5-7-12(8-6-11)16-13(2,3)4/h4-17H,18-19H2,1-3H3;4-11H,12H2,1-3H3;7-10H,1-6H3;5-8H,9H2,1-4H3,(H,14,15). The first-order chi connectivity index (χ1) is 37.5. The van der Waals surface area contributed by atoms with Crippen molar-refractivity contribution in [3.05, 3.63) is 210 Å². The molecule has 13 heteroatoms. The molecule has 0 unspecified atom stereocenters. The number of aromatic nitrogens is 1.